The number of hydrogen-bond donors (Lipinski definition) is 1. The lowest BCUT2D eigenvalue weighted by Crippen LogP contribution is -2.38. The van der Waals surface area contributed by atoms with Crippen LogP contribution in [-0.4, -0.2) is 0 Å². The summed E-state index contributed by atoms with van der Waals surface area (Å²) in [7, 11) is 0. The van der Waals surface area contributed by atoms with E-state index in [9.17, 15) is 4.39 Å². The molecule has 104 valence electrons. The summed E-state index contributed by atoms with van der Waals surface area (Å²) in [4.78, 5) is 0. The van der Waals surface area contributed by atoms with Gasteiger partial charge in [0.1, 0.15) is 17.2 Å². The minimum atomic E-state index is -0.522. The average molecular weight is 271 g/mol. The Morgan fingerprint density at radius 1 is 1.25 bits per heavy atom. The fourth-order valence-corrected chi connectivity index (χ4v) is 2.87. The van der Waals surface area contributed by atoms with Gasteiger partial charge in [0.15, 0.2) is 0 Å². The normalized spacial score (nSPS) is 24.9. The number of ether oxygens (including phenoxy) is 1. The topological polar surface area (TPSA) is 35.2 Å². The molecule has 0 bridgehead atoms. The van der Waals surface area contributed by atoms with Crippen molar-refractivity contribution in [1.29, 1.82) is 0 Å². The van der Waals surface area contributed by atoms with Crippen molar-refractivity contribution in [2.45, 2.75) is 31.9 Å². The summed E-state index contributed by atoms with van der Waals surface area (Å²) in [6, 6.07) is 12.6. The Morgan fingerprint density at radius 3 is 2.80 bits per heavy atom. The summed E-state index contributed by atoms with van der Waals surface area (Å²) in [6.45, 7) is 4.05. The van der Waals surface area contributed by atoms with Crippen LogP contribution < -0.4 is 10.5 Å². The molecule has 2 aromatic rings. The van der Waals surface area contributed by atoms with Crippen LogP contribution in [0.1, 0.15) is 36.1 Å². The number of rotatable bonds is 1. The van der Waals surface area contributed by atoms with Gasteiger partial charge in [-0.25, -0.2) is 4.39 Å². The molecular formula is C17H18FNO. The maximum absolute atomic E-state index is 13.4. The van der Waals surface area contributed by atoms with Crippen LogP contribution in [0.25, 0.3) is 0 Å². The Bertz CT molecular complexity index is 655. The lowest BCUT2D eigenvalue weighted by atomic mass is 9.83. The molecule has 2 nitrogen and oxygen atoms in total. The zero-order chi connectivity index (χ0) is 14.3. The third kappa shape index (κ3) is 2.18. The lowest BCUT2D eigenvalue weighted by Gasteiger charge is -2.39. The van der Waals surface area contributed by atoms with Crippen LogP contribution in [-0.2, 0) is 5.60 Å². The van der Waals surface area contributed by atoms with Gasteiger partial charge in [-0.2, -0.15) is 0 Å². The molecule has 0 spiro atoms. The number of halogens is 1. The SMILES string of the molecule is Cc1cccc(C2(C)C[C@@H](N)c3ccc(F)cc3O2)c1. The van der Waals surface area contributed by atoms with E-state index < -0.39 is 5.60 Å². The largest absolute Gasteiger partial charge is 0.482 e. The molecule has 0 radical (unpaired) electrons. The predicted molar refractivity (Wildman–Crippen MR) is 77.1 cm³/mol. The van der Waals surface area contributed by atoms with Crippen LogP contribution in [0.3, 0.4) is 0 Å². The van der Waals surface area contributed by atoms with Gasteiger partial charge in [0.2, 0.25) is 0 Å². The summed E-state index contributed by atoms with van der Waals surface area (Å²) < 4.78 is 19.5. The predicted octanol–water partition coefficient (Wildman–Crippen LogP) is 3.83. The molecule has 2 atom stereocenters. The first-order valence-corrected chi connectivity index (χ1v) is 6.79. The first-order valence-electron chi connectivity index (χ1n) is 6.79. The van der Waals surface area contributed by atoms with Gasteiger partial charge in [0.05, 0.1) is 0 Å². The van der Waals surface area contributed by atoms with Gasteiger partial charge < -0.3 is 10.5 Å². The molecule has 3 rings (SSSR count). The van der Waals surface area contributed by atoms with Crippen LogP contribution in [0.4, 0.5) is 4.39 Å². The molecular weight excluding hydrogens is 253 g/mol. The first-order chi connectivity index (χ1) is 9.48. The first kappa shape index (κ1) is 13.1. The maximum atomic E-state index is 13.4. The second-order valence-corrected chi connectivity index (χ2v) is 5.70. The van der Waals surface area contributed by atoms with E-state index in [1.54, 1.807) is 6.07 Å². The fraction of sp³-hybridized carbons (Fsp3) is 0.294. The van der Waals surface area contributed by atoms with Gasteiger partial charge in [-0.15, -0.1) is 0 Å². The van der Waals surface area contributed by atoms with Crippen molar-refractivity contribution < 1.29 is 9.13 Å². The monoisotopic (exact) mass is 271 g/mol. The zero-order valence-corrected chi connectivity index (χ0v) is 11.7. The molecule has 20 heavy (non-hydrogen) atoms. The van der Waals surface area contributed by atoms with Gasteiger partial charge in [0, 0.05) is 24.1 Å². The smallest absolute Gasteiger partial charge is 0.133 e. The minimum Gasteiger partial charge on any atom is -0.482 e. The quantitative estimate of drug-likeness (QED) is 0.855. The minimum absolute atomic E-state index is 0.148. The van der Waals surface area contributed by atoms with E-state index in [-0.39, 0.29) is 11.9 Å². The summed E-state index contributed by atoms with van der Waals surface area (Å²) in [5.74, 6) is 0.247. The molecule has 0 saturated carbocycles. The molecule has 1 aliphatic heterocycles. The standard InChI is InChI=1S/C17H18FNO/c1-11-4-3-5-12(8-11)17(2)10-15(19)14-7-6-13(18)9-16(14)20-17/h3-9,15H,10,19H2,1-2H3/t15-,17?/m1/s1. The number of hydrogen-bond acceptors (Lipinski definition) is 2. The molecule has 0 aliphatic carbocycles. The average Bonchev–Trinajstić information content (AvgIpc) is 2.38. The van der Waals surface area contributed by atoms with Gasteiger partial charge in [0.25, 0.3) is 0 Å². The molecule has 0 fully saturated rings. The highest BCUT2D eigenvalue weighted by Crippen LogP contribution is 2.43. The Hall–Kier alpha value is -1.87. The Labute approximate surface area is 118 Å². The van der Waals surface area contributed by atoms with Crippen molar-refractivity contribution >= 4 is 0 Å². The highest BCUT2D eigenvalue weighted by atomic mass is 19.1. The molecule has 0 aromatic heterocycles. The summed E-state index contributed by atoms with van der Waals surface area (Å²) in [5, 5.41) is 0. The van der Waals surface area contributed by atoms with Gasteiger partial charge >= 0.3 is 0 Å². The molecule has 3 heteroatoms. The van der Waals surface area contributed by atoms with Crippen molar-refractivity contribution in [2.24, 2.45) is 5.73 Å². The molecule has 1 unspecified atom stereocenters. The van der Waals surface area contributed by atoms with Crippen LogP contribution in [0.15, 0.2) is 42.5 Å². The zero-order valence-electron chi connectivity index (χ0n) is 11.7. The summed E-state index contributed by atoms with van der Waals surface area (Å²) in [5.41, 5.74) is 8.84. The van der Waals surface area contributed by atoms with Crippen molar-refractivity contribution in [3.05, 3.63) is 65.0 Å². The van der Waals surface area contributed by atoms with E-state index in [1.807, 2.05) is 32.0 Å². The van der Waals surface area contributed by atoms with E-state index in [2.05, 4.69) is 6.07 Å². The van der Waals surface area contributed by atoms with E-state index in [0.717, 1.165) is 11.1 Å². The fourth-order valence-electron chi connectivity index (χ4n) is 2.87. The van der Waals surface area contributed by atoms with Crippen molar-refractivity contribution in [2.75, 3.05) is 0 Å². The molecule has 0 amide bonds. The van der Waals surface area contributed by atoms with Crippen LogP contribution in [0.5, 0.6) is 5.75 Å². The van der Waals surface area contributed by atoms with Crippen LogP contribution >= 0.6 is 0 Å². The van der Waals surface area contributed by atoms with E-state index >= 15 is 0 Å². The highest BCUT2D eigenvalue weighted by Gasteiger charge is 2.37. The third-order valence-electron chi connectivity index (χ3n) is 3.95. The molecule has 2 aromatic carbocycles. The lowest BCUT2D eigenvalue weighted by molar-refractivity contribution is 0.0507. The number of nitrogens with two attached hydrogens (primary N) is 1. The van der Waals surface area contributed by atoms with Crippen LogP contribution in [0, 0.1) is 12.7 Å². The number of fused-ring (bicyclic) bond motifs is 1. The van der Waals surface area contributed by atoms with Crippen molar-refractivity contribution in [3.63, 3.8) is 0 Å². The summed E-state index contributed by atoms with van der Waals surface area (Å²) >= 11 is 0. The highest BCUT2D eigenvalue weighted by molar-refractivity contribution is 5.41. The molecule has 1 heterocycles. The van der Waals surface area contributed by atoms with E-state index in [4.69, 9.17) is 10.5 Å². The second-order valence-electron chi connectivity index (χ2n) is 5.70. The Kier molecular flexibility index (Phi) is 3.02. The second kappa shape index (κ2) is 4.60. The Balaban J connectivity index is 2.05. The molecule has 2 N–H and O–H groups in total. The van der Waals surface area contributed by atoms with Crippen molar-refractivity contribution in [1.82, 2.24) is 0 Å². The summed E-state index contributed by atoms with van der Waals surface area (Å²) in [6.07, 6.45) is 0.676. The van der Waals surface area contributed by atoms with Gasteiger partial charge in [-0.1, -0.05) is 35.9 Å². The van der Waals surface area contributed by atoms with Gasteiger partial charge in [-0.3, -0.25) is 0 Å². The third-order valence-corrected chi connectivity index (χ3v) is 3.95. The van der Waals surface area contributed by atoms with E-state index in [1.165, 1.54) is 17.7 Å². The molecule has 1 aliphatic rings. The molecule has 0 saturated heterocycles. The van der Waals surface area contributed by atoms with Crippen molar-refractivity contribution in [3.8, 4) is 5.75 Å². The maximum Gasteiger partial charge on any atom is 0.133 e. The van der Waals surface area contributed by atoms with Crippen LogP contribution in [0.2, 0.25) is 0 Å². The van der Waals surface area contributed by atoms with Gasteiger partial charge in [-0.05, 0) is 25.5 Å². The number of benzene rings is 2. The Morgan fingerprint density at radius 2 is 2.05 bits per heavy atom. The van der Waals surface area contributed by atoms with E-state index in [0.29, 0.717) is 12.2 Å². The number of aryl methyl sites for hydroxylation is 1.